The molecule has 0 saturated heterocycles. The summed E-state index contributed by atoms with van der Waals surface area (Å²) < 4.78 is 16.1. The molecule has 35 heavy (non-hydrogen) atoms. The summed E-state index contributed by atoms with van der Waals surface area (Å²) in [7, 11) is 0. The van der Waals surface area contributed by atoms with E-state index < -0.39 is 24.1 Å². The van der Waals surface area contributed by atoms with Crippen molar-refractivity contribution in [1.82, 2.24) is 0 Å². The van der Waals surface area contributed by atoms with Gasteiger partial charge in [0.1, 0.15) is 17.9 Å². The Morgan fingerprint density at radius 2 is 1.83 bits per heavy atom. The summed E-state index contributed by atoms with van der Waals surface area (Å²) >= 11 is 0. The van der Waals surface area contributed by atoms with Crippen LogP contribution in [0.3, 0.4) is 0 Å². The highest BCUT2D eigenvalue weighted by molar-refractivity contribution is 5.95. The molecular formula is C27H20N2O6. The number of hydrogen-bond donors (Lipinski definition) is 1. The Morgan fingerprint density at radius 1 is 1.03 bits per heavy atom. The molecule has 0 atom stereocenters. The fraction of sp³-hybridized carbons (Fsp3) is 0.111. The highest BCUT2D eigenvalue weighted by Crippen LogP contribution is 2.23. The molecule has 1 amide bonds. The summed E-state index contributed by atoms with van der Waals surface area (Å²) in [6, 6.07) is 21.7. The van der Waals surface area contributed by atoms with Crippen molar-refractivity contribution in [3.05, 3.63) is 105 Å². The largest absolute Gasteiger partial charge is 0.489 e. The molecule has 0 unspecified atom stereocenters. The number of carbonyl (C=O) groups excluding carboxylic acids is 2. The van der Waals surface area contributed by atoms with E-state index >= 15 is 0 Å². The van der Waals surface area contributed by atoms with Crippen LogP contribution in [0.2, 0.25) is 0 Å². The van der Waals surface area contributed by atoms with E-state index in [9.17, 15) is 14.4 Å². The van der Waals surface area contributed by atoms with Crippen molar-refractivity contribution < 1.29 is 23.5 Å². The summed E-state index contributed by atoms with van der Waals surface area (Å²) in [5.74, 6) is -0.612. The summed E-state index contributed by atoms with van der Waals surface area (Å²) in [5.41, 5.74) is 2.81. The van der Waals surface area contributed by atoms with Crippen LogP contribution < -0.4 is 15.7 Å². The first-order valence-electron chi connectivity index (χ1n) is 10.6. The van der Waals surface area contributed by atoms with Crippen molar-refractivity contribution >= 4 is 28.5 Å². The van der Waals surface area contributed by atoms with Gasteiger partial charge in [-0.1, -0.05) is 18.2 Å². The quantitative estimate of drug-likeness (QED) is 0.316. The molecule has 8 nitrogen and oxygen atoms in total. The van der Waals surface area contributed by atoms with Crippen LogP contribution in [0.5, 0.6) is 5.75 Å². The average Bonchev–Trinajstić information content (AvgIpc) is 2.86. The van der Waals surface area contributed by atoms with E-state index in [0.29, 0.717) is 22.6 Å². The highest BCUT2D eigenvalue weighted by Gasteiger charge is 2.11. The third kappa shape index (κ3) is 5.92. The molecule has 0 aliphatic heterocycles. The van der Waals surface area contributed by atoms with Gasteiger partial charge < -0.3 is 19.2 Å². The summed E-state index contributed by atoms with van der Waals surface area (Å²) in [6.07, 6.45) is 0. The topological polar surface area (TPSA) is 119 Å². The van der Waals surface area contributed by atoms with E-state index in [2.05, 4.69) is 5.32 Å². The van der Waals surface area contributed by atoms with Gasteiger partial charge in [0.15, 0.2) is 6.61 Å². The molecule has 1 aromatic heterocycles. The molecule has 0 saturated carbocycles. The van der Waals surface area contributed by atoms with Crippen LogP contribution in [0.15, 0.2) is 82.0 Å². The van der Waals surface area contributed by atoms with Crippen LogP contribution in [0.4, 0.5) is 5.69 Å². The lowest BCUT2D eigenvalue weighted by Crippen LogP contribution is -2.21. The van der Waals surface area contributed by atoms with Crippen molar-refractivity contribution in [3.8, 4) is 11.8 Å². The van der Waals surface area contributed by atoms with Gasteiger partial charge in [-0.2, -0.15) is 5.26 Å². The molecule has 8 heteroatoms. The maximum absolute atomic E-state index is 12.3. The molecule has 1 heterocycles. The van der Waals surface area contributed by atoms with Crippen LogP contribution in [0.25, 0.3) is 11.0 Å². The first-order valence-corrected chi connectivity index (χ1v) is 10.6. The van der Waals surface area contributed by atoms with Crippen LogP contribution >= 0.6 is 0 Å². The number of ether oxygens (including phenoxy) is 2. The number of carbonyl (C=O) groups is 2. The second kappa shape index (κ2) is 10.4. The molecule has 4 rings (SSSR count). The predicted molar refractivity (Wildman–Crippen MR) is 128 cm³/mol. The molecule has 0 radical (unpaired) electrons. The van der Waals surface area contributed by atoms with Gasteiger partial charge in [0.2, 0.25) is 0 Å². The summed E-state index contributed by atoms with van der Waals surface area (Å²) in [4.78, 5) is 35.9. The van der Waals surface area contributed by atoms with Crippen molar-refractivity contribution in [2.45, 2.75) is 13.5 Å². The first kappa shape index (κ1) is 23.3. The van der Waals surface area contributed by atoms with Gasteiger partial charge in [-0.05, 0) is 60.5 Å². The lowest BCUT2D eigenvalue weighted by atomic mass is 10.1. The molecule has 1 N–H and O–H groups in total. The third-order valence-electron chi connectivity index (χ3n) is 5.13. The minimum atomic E-state index is -0.640. The molecule has 0 bridgehead atoms. The Morgan fingerprint density at radius 3 is 2.60 bits per heavy atom. The fourth-order valence-electron chi connectivity index (χ4n) is 3.38. The molecule has 4 aromatic rings. The number of nitriles is 1. The number of nitrogens with zero attached hydrogens (tertiary/aromatic N) is 1. The second-order valence-corrected chi connectivity index (χ2v) is 7.71. The number of nitrogens with one attached hydrogen (secondary N) is 1. The Labute approximate surface area is 200 Å². The summed E-state index contributed by atoms with van der Waals surface area (Å²) in [6.45, 7) is 1.62. The van der Waals surface area contributed by atoms with Gasteiger partial charge in [-0.15, -0.1) is 0 Å². The Bertz CT molecular complexity index is 1500. The van der Waals surface area contributed by atoms with E-state index in [1.54, 1.807) is 54.6 Å². The Balaban J connectivity index is 1.30. The van der Waals surface area contributed by atoms with E-state index in [4.69, 9.17) is 19.2 Å². The number of aryl methyl sites for hydroxylation is 1. The minimum Gasteiger partial charge on any atom is -0.489 e. The van der Waals surface area contributed by atoms with Crippen LogP contribution in [0.1, 0.15) is 27.0 Å². The Kier molecular flexibility index (Phi) is 6.88. The summed E-state index contributed by atoms with van der Waals surface area (Å²) in [5, 5.41) is 12.3. The molecule has 0 spiro atoms. The van der Waals surface area contributed by atoms with Crippen LogP contribution in [-0.2, 0) is 16.1 Å². The highest BCUT2D eigenvalue weighted by atomic mass is 16.5. The van der Waals surface area contributed by atoms with Gasteiger partial charge in [0.05, 0.1) is 17.2 Å². The average molecular weight is 468 g/mol. The molecule has 174 valence electrons. The van der Waals surface area contributed by atoms with Gasteiger partial charge in [0.25, 0.3) is 5.91 Å². The van der Waals surface area contributed by atoms with E-state index in [1.165, 1.54) is 12.1 Å². The van der Waals surface area contributed by atoms with Gasteiger partial charge >= 0.3 is 11.6 Å². The standard InChI is InChI=1S/C27H20N2O6/c1-17-11-26(31)35-24-13-22(9-10-23(17)24)33-15-18-5-7-20(8-6-18)27(32)34-16-25(30)29-21-4-2-3-19(12-21)14-28/h2-13H,15-16H2,1H3,(H,29,30). The second-order valence-electron chi connectivity index (χ2n) is 7.71. The van der Waals surface area contributed by atoms with Crippen molar-refractivity contribution in [1.29, 1.82) is 5.26 Å². The number of amides is 1. The maximum atomic E-state index is 12.3. The predicted octanol–water partition coefficient (Wildman–Crippen LogP) is 4.35. The van der Waals surface area contributed by atoms with Crippen LogP contribution in [0, 0.1) is 18.3 Å². The third-order valence-corrected chi connectivity index (χ3v) is 5.13. The van der Waals surface area contributed by atoms with Crippen LogP contribution in [-0.4, -0.2) is 18.5 Å². The van der Waals surface area contributed by atoms with Crippen molar-refractivity contribution in [3.63, 3.8) is 0 Å². The zero-order chi connectivity index (χ0) is 24.8. The number of hydrogen-bond acceptors (Lipinski definition) is 7. The lowest BCUT2D eigenvalue weighted by molar-refractivity contribution is -0.119. The van der Waals surface area contributed by atoms with Gasteiger partial charge in [-0.3, -0.25) is 4.79 Å². The molecule has 0 aliphatic rings. The first-order chi connectivity index (χ1) is 16.9. The number of rotatable bonds is 7. The number of esters is 1. The monoisotopic (exact) mass is 468 g/mol. The fourth-order valence-corrected chi connectivity index (χ4v) is 3.38. The van der Waals surface area contributed by atoms with Gasteiger partial charge in [0, 0.05) is 23.2 Å². The number of fused-ring (bicyclic) bond motifs is 1. The number of anilines is 1. The SMILES string of the molecule is Cc1cc(=O)oc2cc(OCc3ccc(C(=O)OCC(=O)Nc4cccc(C#N)c4)cc3)ccc12. The lowest BCUT2D eigenvalue weighted by Gasteiger charge is -2.09. The van der Waals surface area contributed by atoms with E-state index in [0.717, 1.165) is 16.5 Å². The van der Waals surface area contributed by atoms with Gasteiger partial charge in [-0.25, -0.2) is 9.59 Å². The molecular weight excluding hydrogens is 448 g/mol. The van der Waals surface area contributed by atoms with Crippen molar-refractivity contribution in [2.24, 2.45) is 0 Å². The maximum Gasteiger partial charge on any atom is 0.338 e. The number of benzene rings is 3. The zero-order valence-electron chi connectivity index (χ0n) is 18.7. The molecule has 0 aliphatic carbocycles. The molecule has 0 fully saturated rings. The van der Waals surface area contributed by atoms with E-state index in [1.807, 2.05) is 19.1 Å². The minimum absolute atomic E-state index is 0.237. The van der Waals surface area contributed by atoms with E-state index in [-0.39, 0.29) is 12.2 Å². The Hall–Kier alpha value is -4.90. The van der Waals surface area contributed by atoms with Crippen molar-refractivity contribution in [2.75, 3.05) is 11.9 Å². The normalized spacial score (nSPS) is 10.4. The molecule has 3 aromatic carbocycles. The zero-order valence-corrected chi connectivity index (χ0v) is 18.7. The smallest absolute Gasteiger partial charge is 0.338 e.